The molecule has 6 nitrogen and oxygen atoms in total. The van der Waals surface area contributed by atoms with Crippen LogP contribution in [0.25, 0.3) is 6.08 Å². The van der Waals surface area contributed by atoms with Gasteiger partial charge in [0, 0.05) is 6.54 Å². The Morgan fingerprint density at radius 2 is 1.74 bits per heavy atom. The Hall–Kier alpha value is -2.93. The molecule has 0 N–H and O–H groups in total. The van der Waals surface area contributed by atoms with Crippen molar-refractivity contribution in [1.82, 2.24) is 4.90 Å². The summed E-state index contributed by atoms with van der Waals surface area (Å²) < 4.78 is 16.5. The van der Waals surface area contributed by atoms with E-state index in [0.717, 1.165) is 23.4 Å². The molecule has 0 aromatic heterocycles. The fourth-order valence-electron chi connectivity index (χ4n) is 3.11. The lowest BCUT2D eigenvalue weighted by molar-refractivity contribution is -0.122. The quantitative estimate of drug-likeness (QED) is 0.482. The lowest BCUT2D eigenvalue weighted by Crippen LogP contribution is -2.29. The Morgan fingerprint density at radius 1 is 1.00 bits per heavy atom. The minimum atomic E-state index is -0.0376. The van der Waals surface area contributed by atoms with Crippen molar-refractivity contribution in [3.63, 3.8) is 0 Å². The molecule has 1 saturated heterocycles. The number of ether oxygens (including phenoxy) is 3. The molecule has 1 fully saturated rings. The smallest absolute Gasteiger partial charge is 0.266 e. The maximum atomic E-state index is 13.0. The van der Waals surface area contributed by atoms with Crippen molar-refractivity contribution >= 4 is 34.6 Å². The topological polar surface area (TPSA) is 60.4 Å². The summed E-state index contributed by atoms with van der Waals surface area (Å²) in [7, 11) is 1.61. The molecule has 0 aliphatic carbocycles. The Morgan fingerprint density at radius 3 is 2.39 bits per heavy atom. The van der Waals surface area contributed by atoms with Crippen LogP contribution < -0.4 is 14.2 Å². The van der Waals surface area contributed by atoms with Crippen LogP contribution in [0.1, 0.15) is 32.8 Å². The number of hydrogen-bond donors (Lipinski definition) is 0. The summed E-state index contributed by atoms with van der Waals surface area (Å²) in [6.07, 6.45) is 2.72. The zero-order valence-electron chi connectivity index (χ0n) is 18.4. The van der Waals surface area contributed by atoms with Gasteiger partial charge < -0.3 is 14.2 Å². The molecule has 3 rings (SSSR count). The number of methoxy groups -OCH3 is 1. The SMILES string of the molecule is CCCN1C(=O)C(=Cc2ccc(OCC)c(OC)c2)SC1=Nc1ccc(OCC)cc1. The molecular weight excluding hydrogens is 412 g/mol. The number of carbonyl (C=O) groups excluding carboxylic acids is 1. The molecule has 0 unspecified atom stereocenters. The second kappa shape index (κ2) is 10.9. The van der Waals surface area contributed by atoms with Gasteiger partial charge in [0.25, 0.3) is 5.91 Å². The molecule has 2 aromatic carbocycles. The monoisotopic (exact) mass is 440 g/mol. The molecule has 1 heterocycles. The molecule has 1 aliphatic heterocycles. The number of amidine groups is 1. The number of nitrogens with zero attached hydrogens (tertiary/aromatic N) is 2. The van der Waals surface area contributed by atoms with Gasteiger partial charge in [-0.05, 0) is 80.1 Å². The lowest BCUT2D eigenvalue weighted by Gasteiger charge is -2.14. The molecule has 0 bridgehead atoms. The van der Waals surface area contributed by atoms with Crippen molar-refractivity contribution in [2.24, 2.45) is 4.99 Å². The van der Waals surface area contributed by atoms with Gasteiger partial charge in [0.1, 0.15) is 5.75 Å². The molecule has 0 radical (unpaired) electrons. The van der Waals surface area contributed by atoms with Gasteiger partial charge in [-0.2, -0.15) is 0 Å². The number of amides is 1. The van der Waals surface area contributed by atoms with Crippen molar-refractivity contribution < 1.29 is 19.0 Å². The third-order valence-corrected chi connectivity index (χ3v) is 5.50. The van der Waals surface area contributed by atoms with E-state index in [9.17, 15) is 4.79 Å². The largest absolute Gasteiger partial charge is 0.494 e. The molecule has 164 valence electrons. The van der Waals surface area contributed by atoms with E-state index in [1.807, 2.05) is 69.3 Å². The Kier molecular flexibility index (Phi) is 8.00. The molecule has 1 aliphatic rings. The van der Waals surface area contributed by atoms with E-state index in [0.29, 0.717) is 41.3 Å². The van der Waals surface area contributed by atoms with Crippen molar-refractivity contribution in [3.8, 4) is 17.2 Å². The Labute approximate surface area is 187 Å². The van der Waals surface area contributed by atoms with E-state index < -0.39 is 0 Å². The first-order valence-electron chi connectivity index (χ1n) is 10.4. The third kappa shape index (κ3) is 5.61. The fourth-order valence-corrected chi connectivity index (χ4v) is 4.13. The molecule has 7 heteroatoms. The first-order valence-corrected chi connectivity index (χ1v) is 11.2. The normalized spacial score (nSPS) is 16.3. The van der Waals surface area contributed by atoms with Gasteiger partial charge >= 0.3 is 0 Å². The predicted octanol–water partition coefficient (Wildman–Crippen LogP) is 5.51. The standard InChI is InChI=1S/C24H28N2O4S/c1-5-14-26-23(27)22(16-17-8-13-20(30-7-3)21(15-17)28-4)31-24(26)25-18-9-11-19(12-10-18)29-6-2/h8-13,15-16H,5-7,14H2,1-4H3. The summed E-state index contributed by atoms with van der Waals surface area (Å²) in [5, 5.41) is 0.681. The van der Waals surface area contributed by atoms with E-state index in [1.165, 1.54) is 11.8 Å². The van der Waals surface area contributed by atoms with Gasteiger partial charge in [-0.15, -0.1) is 0 Å². The predicted molar refractivity (Wildman–Crippen MR) is 126 cm³/mol. The first kappa shape index (κ1) is 22.7. The zero-order valence-corrected chi connectivity index (χ0v) is 19.2. The second-order valence-corrected chi connectivity index (χ2v) is 7.74. The molecule has 0 saturated carbocycles. The number of rotatable bonds is 9. The molecule has 0 atom stereocenters. The number of benzene rings is 2. The summed E-state index contributed by atoms with van der Waals surface area (Å²) >= 11 is 1.38. The minimum absolute atomic E-state index is 0.0376. The average Bonchev–Trinajstić information content (AvgIpc) is 3.05. The van der Waals surface area contributed by atoms with E-state index in [-0.39, 0.29) is 5.91 Å². The molecule has 31 heavy (non-hydrogen) atoms. The molecule has 1 amide bonds. The summed E-state index contributed by atoms with van der Waals surface area (Å²) in [5.74, 6) is 2.09. The van der Waals surface area contributed by atoms with Gasteiger partial charge in [-0.1, -0.05) is 13.0 Å². The van der Waals surface area contributed by atoms with Crippen molar-refractivity contribution in [1.29, 1.82) is 0 Å². The minimum Gasteiger partial charge on any atom is -0.494 e. The van der Waals surface area contributed by atoms with Gasteiger partial charge in [0.15, 0.2) is 16.7 Å². The van der Waals surface area contributed by atoms with Gasteiger partial charge in [0.2, 0.25) is 0 Å². The lowest BCUT2D eigenvalue weighted by atomic mass is 10.2. The highest BCUT2D eigenvalue weighted by Crippen LogP contribution is 2.36. The summed E-state index contributed by atoms with van der Waals surface area (Å²) in [4.78, 5) is 20.1. The van der Waals surface area contributed by atoms with E-state index in [4.69, 9.17) is 19.2 Å². The van der Waals surface area contributed by atoms with Gasteiger partial charge in [-0.25, -0.2) is 4.99 Å². The van der Waals surface area contributed by atoms with E-state index in [1.54, 1.807) is 12.0 Å². The molecule has 0 spiro atoms. The van der Waals surface area contributed by atoms with Crippen LogP contribution in [0.2, 0.25) is 0 Å². The van der Waals surface area contributed by atoms with Crippen LogP contribution in [0, 0.1) is 0 Å². The average molecular weight is 441 g/mol. The Bertz CT molecular complexity index is 970. The van der Waals surface area contributed by atoms with Crippen molar-refractivity contribution in [2.45, 2.75) is 27.2 Å². The molecule has 2 aromatic rings. The summed E-state index contributed by atoms with van der Waals surface area (Å²) in [5.41, 5.74) is 1.65. The van der Waals surface area contributed by atoms with Crippen LogP contribution in [0.4, 0.5) is 5.69 Å². The highest BCUT2D eigenvalue weighted by Gasteiger charge is 2.32. The first-order chi connectivity index (χ1) is 15.1. The van der Waals surface area contributed by atoms with Crippen LogP contribution in [-0.2, 0) is 4.79 Å². The summed E-state index contributed by atoms with van der Waals surface area (Å²) in [6, 6.07) is 13.2. The van der Waals surface area contributed by atoms with Gasteiger partial charge in [-0.3, -0.25) is 9.69 Å². The van der Waals surface area contributed by atoms with E-state index in [2.05, 4.69) is 0 Å². The van der Waals surface area contributed by atoms with Crippen LogP contribution in [0.5, 0.6) is 17.2 Å². The highest BCUT2D eigenvalue weighted by molar-refractivity contribution is 8.18. The maximum Gasteiger partial charge on any atom is 0.266 e. The number of thioether (sulfide) groups is 1. The molecular formula is C24H28N2O4S. The highest BCUT2D eigenvalue weighted by atomic mass is 32.2. The number of carbonyl (C=O) groups is 1. The Balaban J connectivity index is 1.88. The zero-order chi connectivity index (χ0) is 22.2. The second-order valence-electron chi connectivity index (χ2n) is 6.73. The number of hydrogen-bond acceptors (Lipinski definition) is 6. The van der Waals surface area contributed by atoms with Gasteiger partial charge in [0.05, 0.1) is 30.9 Å². The number of aliphatic imine (C=N–C) groups is 1. The van der Waals surface area contributed by atoms with Crippen LogP contribution in [0.3, 0.4) is 0 Å². The summed E-state index contributed by atoms with van der Waals surface area (Å²) in [6.45, 7) is 7.72. The van der Waals surface area contributed by atoms with Crippen LogP contribution in [0.15, 0.2) is 52.4 Å². The van der Waals surface area contributed by atoms with Crippen LogP contribution >= 0.6 is 11.8 Å². The van der Waals surface area contributed by atoms with Crippen molar-refractivity contribution in [2.75, 3.05) is 26.9 Å². The maximum absolute atomic E-state index is 13.0. The van der Waals surface area contributed by atoms with Crippen molar-refractivity contribution in [3.05, 3.63) is 52.9 Å². The van der Waals surface area contributed by atoms with E-state index >= 15 is 0 Å². The fraction of sp³-hybridized carbons (Fsp3) is 0.333. The third-order valence-electron chi connectivity index (χ3n) is 4.49. The van der Waals surface area contributed by atoms with Crippen LogP contribution in [-0.4, -0.2) is 42.8 Å².